The fourth-order valence-electron chi connectivity index (χ4n) is 1.89. The Morgan fingerprint density at radius 3 is 2.47 bits per heavy atom. The van der Waals surface area contributed by atoms with Crippen molar-refractivity contribution in [3.63, 3.8) is 0 Å². The van der Waals surface area contributed by atoms with Crippen molar-refractivity contribution < 1.29 is 24.6 Å². The Morgan fingerprint density at radius 1 is 1.29 bits per heavy atom. The molecular formula is C10H16N2O5. The monoisotopic (exact) mass is 244 g/mol. The van der Waals surface area contributed by atoms with E-state index in [1.807, 2.05) is 0 Å². The zero-order valence-electron chi connectivity index (χ0n) is 9.33. The van der Waals surface area contributed by atoms with Crippen LogP contribution in [0.5, 0.6) is 0 Å². The molecule has 0 aromatic rings. The second-order valence-electron chi connectivity index (χ2n) is 4.10. The molecule has 2 atom stereocenters. The van der Waals surface area contributed by atoms with Crippen molar-refractivity contribution >= 4 is 17.8 Å². The number of hydrogen-bond donors (Lipinski definition) is 3. The van der Waals surface area contributed by atoms with Crippen LogP contribution in [-0.2, 0) is 14.4 Å². The lowest BCUT2D eigenvalue weighted by atomic mass is 10.1. The third kappa shape index (κ3) is 3.70. The highest BCUT2D eigenvalue weighted by atomic mass is 16.4. The normalized spacial score (nSPS) is 23.7. The van der Waals surface area contributed by atoms with Gasteiger partial charge in [0.2, 0.25) is 11.8 Å². The van der Waals surface area contributed by atoms with Crippen LogP contribution < -0.4 is 5.73 Å². The number of aliphatic carboxylic acids is 1. The Labute approximate surface area is 98.2 Å². The third-order valence-electron chi connectivity index (χ3n) is 2.71. The molecule has 1 fully saturated rings. The van der Waals surface area contributed by atoms with E-state index in [1.165, 1.54) is 4.90 Å². The van der Waals surface area contributed by atoms with Crippen LogP contribution in [0.3, 0.4) is 0 Å². The molecule has 1 heterocycles. The van der Waals surface area contributed by atoms with Gasteiger partial charge in [-0.2, -0.15) is 0 Å². The summed E-state index contributed by atoms with van der Waals surface area (Å²) in [5.74, 6) is -1.95. The highest BCUT2D eigenvalue weighted by Crippen LogP contribution is 2.19. The van der Waals surface area contributed by atoms with Gasteiger partial charge >= 0.3 is 5.97 Å². The Bertz CT molecular complexity index is 331. The Morgan fingerprint density at radius 2 is 1.94 bits per heavy atom. The number of amides is 2. The predicted molar refractivity (Wildman–Crippen MR) is 56.8 cm³/mol. The van der Waals surface area contributed by atoms with Crippen LogP contribution in [0.25, 0.3) is 0 Å². The van der Waals surface area contributed by atoms with Gasteiger partial charge in [0.1, 0.15) is 6.04 Å². The summed E-state index contributed by atoms with van der Waals surface area (Å²) in [6.45, 7) is 0.0828. The summed E-state index contributed by atoms with van der Waals surface area (Å²) >= 11 is 0. The van der Waals surface area contributed by atoms with E-state index in [4.69, 9.17) is 10.8 Å². The number of nitrogens with two attached hydrogens (primary N) is 1. The van der Waals surface area contributed by atoms with Crippen molar-refractivity contribution in [2.45, 2.75) is 37.8 Å². The van der Waals surface area contributed by atoms with Crippen molar-refractivity contribution in [2.24, 2.45) is 5.73 Å². The second-order valence-corrected chi connectivity index (χ2v) is 4.10. The van der Waals surface area contributed by atoms with Gasteiger partial charge in [0.25, 0.3) is 0 Å². The molecule has 96 valence electrons. The predicted octanol–water partition coefficient (Wildman–Crippen LogP) is -1.31. The standard InChI is InChI=1S/C10H16N2O5/c11-10(17)7-4-6(13)5-12(7)8(14)2-1-3-9(15)16/h6-7,13H,1-5H2,(H2,11,17)(H,15,16). The first-order valence-electron chi connectivity index (χ1n) is 5.40. The smallest absolute Gasteiger partial charge is 0.303 e. The number of carbonyl (C=O) groups is 3. The van der Waals surface area contributed by atoms with Gasteiger partial charge < -0.3 is 20.8 Å². The third-order valence-corrected chi connectivity index (χ3v) is 2.71. The van der Waals surface area contributed by atoms with E-state index in [-0.39, 0.29) is 38.1 Å². The average molecular weight is 244 g/mol. The summed E-state index contributed by atoms with van der Waals surface area (Å²) in [5.41, 5.74) is 5.13. The topological polar surface area (TPSA) is 121 Å². The second kappa shape index (κ2) is 5.62. The molecular weight excluding hydrogens is 228 g/mol. The van der Waals surface area contributed by atoms with Gasteiger partial charge in [0, 0.05) is 25.8 Å². The number of β-amino-alcohol motifs (C(OH)–C–C–N with tert-alkyl or cyclic N) is 1. The van der Waals surface area contributed by atoms with E-state index in [0.717, 1.165) is 0 Å². The molecule has 7 nitrogen and oxygen atoms in total. The molecule has 0 bridgehead atoms. The summed E-state index contributed by atoms with van der Waals surface area (Å²) in [4.78, 5) is 34.3. The molecule has 0 aromatic carbocycles. The van der Waals surface area contributed by atoms with Gasteiger partial charge in [0.05, 0.1) is 6.10 Å². The van der Waals surface area contributed by atoms with Gasteiger partial charge in [-0.25, -0.2) is 0 Å². The van der Waals surface area contributed by atoms with Crippen molar-refractivity contribution in [3.05, 3.63) is 0 Å². The maximum absolute atomic E-state index is 11.7. The first kappa shape index (κ1) is 13.4. The molecule has 1 rings (SSSR count). The Kier molecular flexibility index (Phi) is 4.45. The average Bonchev–Trinajstić information content (AvgIpc) is 2.59. The van der Waals surface area contributed by atoms with Crippen LogP contribution in [0.1, 0.15) is 25.7 Å². The maximum atomic E-state index is 11.7. The fourth-order valence-corrected chi connectivity index (χ4v) is 1.89. The Balaban J connectivity index is 2.49. The van der Waals surface area contributed by atoms with Crippen LogP contribution in [-0.4, -0.2) is 51.6 Å². The van der Waals surface area contributed by atoms with E-state index in [0.29, 0.717) is 0 Å². The van der Waals surface area contributed by atoms with Gasteiger partial charge in [0.15, 0.2) is 0 Å². The van der Waals surface area contributed by atoms with Crippen LogP contribution in [0.4, 0.5) is 0 Å². The lowest BCUT2D eigenvalue weighted by molar-refractivity contribution is -0.139. The summed E-state index contributed by atoms with van der Waals surface area (Å²) in [5, 5.41) is 17.8. The number of likely N-dealkylation sites (tertiary alicyclic amines) is 1. The lowest BCUT2D eigenvalue weighted by Gasteiger charge is -2.21. The first-order valence-corrected chi connectivity index (χ1v) is 5.40. The number of nitrogens with zero attached hydrogens (tertiary/aromatic N) is 1. The van der Waals surface area contributed by atoms with Gasteiger partial charge in [-0.05, 0) is 6.42 Å². The molecule has 2 unspecified atom stereocenters. The van der Waals surface area contributed by atoms with Crippen molar-refractivity contribution in [1.29, 1.82) is 0 Å². The minimum Gasteiger partial charge on any atom is -0.481 e. The molecule has 1 saturated heterocycles. The van der Waals surface area contributed by atoms with Gasteiger partial charge in [-0.15, -0.1) is 0 Å². The van der Waals surface area contributed by atoms with E-state index >= 15 is 0 Å². The minimum absolute atomic E-state index is 0.0444. The summed E-state index contributed by atoms with van der Waals surface area (Å²) < 4.78 is 0. The number of carboxylic acid groups (broad SMARTS) is 1. The molecule has 0 radical (unpaired) electrons. The number of carboxylic acids is 1. The van der Waals surface area contributed by atoms with Gasteiger partial charge in [-0.3, -0.25) is 14.4 Å². The van der Waals surface area contributed by atoms with Crippen LogP contribution in [0.2, 0.25) is 0 Å². The van der Waals surface area contributed by atoms with Crippen molar-refractivity contribution in [1.82, 2.24) is 4.90 Å². The number of aliphatic hydroxyl groups excluding tert-OH is 1. The molecule has 4 N–H and O–H groups in total. The minimum atomic E-state index is -0.967. The maximum Gasteiger partial charge on any atom is 0.303 e. The molecule has 0 spiro atoms. The molecule has 17 heavy (non-hydrogen) atoms. The van der Waals surface area contributed by atoms with E-state index in [1.54, 1.807) is 0 Å². The van der Waals surface area contributed by atoms with Crippen LogP contribution in [0.15, 0.2) is 0 Å². The quantitative estimate of drug-likeness (QED) is 0.554. The van der Waals surface area contributed by atoms with Crippen LogP contribution >= 0.6 is 0 Å². The van der Waals surface area contributed by atoms with E-state index in [9.17, 15) is 19.5 Å². The zero-order valence-corrected chi connectivity index (χ0v) is 9.33. The van der Waals surface area contributed by atoms with Crippen LogP contribution in [0, 0.1) is 0 Å². The molecule has 0 saturated carbocycles. The molecule has 7 heteroatoms. The van der Waals surface area contributed by atoms with Crippen molar-refractivity contribution in [3.8, 4) is 0 Å². The number of aliphatic hydroxyl groups is 1. The highest BCUT2D eigenvalue weighted by Gasteiger charge is 2.37. The molecule has 2 amide bonds. The zero-order chi connectivity index (χ0) is 13.0. The number of carbonyl (C=O) groups excluding carboxylic acids is 2. The van der Waals surface area contributed by atoms with E-state index in [2.05, 4.69) is 0 Å². The largest absolute Gasteiger partial charge is 0.481 e. The molecule has 1 aliphatic heterocycles. The highest BCUT2D eigenvalue weighted by molar-refractivity contribution is 5.87. The van der Waals surface area contributed by atoms with Gasteiger partial charge in [-0.1, -0.05) is 0 Å². The molecule has 1 aliphatic rings. The molecule has 0 aliphatic carbocycles. The SMILES string of the molecule is NC(=O)C1CC(O)CN1C(=O)CCCC(=O)O. The summed E-state index contributed by atoms with van der Waals surface area (Å²) in [6.07, 6.45) is -0.422. The lowest BCUT2D eigenvalue weighted by Crippen LogP contribution is -2.43. The molecule has 0 aromatic heterocycles. The number of primary amides is 1. The Hall–Kier alpha value is -1.63. The van der Waals surface area contributed by atoms with Crippen molar-refractivity contribution in [2.75, 3.05) is 6.54 Å². The fraction of sp³-hybridized carbons (Fsp3) is 0.700. The summed E-state index contributed by atoms with van der Waals surface area (Å²) in [7, 11) is 0. The number of rotatable bonds is 5. The van der Waals surface area contributed by atoms with E-state index < -0.39 is 24.0 Å². The first-order chi connectivity index (χ1) is 7.91. The number of hydrogen-bond acceptors (Lipinski definition) is 4. The summed E-state index contributed by atoms with van der Waals surface area (Å²) in [6, 6.07) is -0.776.